The van der Waals surface area contributed by atoms with Crippen LogP contribution in [0.15, 0.2) is 18.3 Å². The van der Waals surface area contributed by atoms with Gasteiger partial charge in [-0.1, -0.05) is 0 Å². The highest BCUT2D eigenvalue weighted by Crippen LogP contribution is 2.22. The Labute approximate surface area is 67.4 Å². The minimum Gasteiger partial charge on any atom is -0.349 e. The Morgan fingerprint density at radius 3 is 3.09 bits per heavy atom. The zero-order valence-corrected chi connectivity index (χ0v) is 7.12. The summed E-state index contributed by atoms with van der Waals surface area (Å²) in [6, 6.07) is 4.92. The maximum atomic E-state index is 2.38. The number of aromatic nitrogens is 1. The lowest BCUT2D eigenvalue weighted by Gasteiger charge is -2.31. The molecule has 1 aliphatic rings. The predicted octanol–water partition coefficient (Wildman–Crippen LogP) is 1.49. The molecule has 2 rings (SSSR count). The second kappa shape index (κ2) is 2.38. The van der Waals surface area contributed by atoms with Crippen molar-refractivity contribution in [1.29, 1.82) is 0 Å². The van der Waals surface area contributed by atoms with Gasteiger partial charge in [-0.25, -0.2) is 0 Å². The third kappa shape index (κ3) is 0.979. The number of nitrogens with zero attached hydrogens (tertiary/aromatic N) is 2. The molecule has 0 aromatic carbocycles. The molecule has 0 bridgehead atoms. The summed E-state index contributed by atoms with van der Waals surface area (Å²) in [5, 5.41) is 0. The molecule has 0 N–H and O–H groups in total. The van der Waals surface area contributed by atoms with Crippen molar-refractivity contribution in [2.45, 2.75) is 19.5 Å². The minimum atomic E-state index is 0.582. The second-order valence-corrected chi connectivity index (χ2v) is 3.28. The first-order valence-electron chi connectivity index (χ1n) is 4.14. The molecule has 1 aliphatic heterocycles. The van der Waals surface area contributed by atoms with E-state index in [1.54, 1.807) is 0 Å². The van der Waals surface area contributed by atoms with Crippen LogP contribution in [0.2, 0.25) is 0 Å². The molecule has 0 radical (unpaired) electrons. The maximum absolute atomic E-state index is 2.38. The van der Waals surface area contributed by atoms with Crippen LogP contribution in [0.5, 0.6) is 0 Å². The lowest BCUT2D eigenvalue weighted by atomic mass is 10.2. The molecule has 60 valence electrons. The van der Waals surface area contributed by atoms with Crippen molar-refractivity contribution in [3.63, 3.8) is 0 Å². The normalized spacial score (nSPS) is 25.1. The first kappa shape index (κ1) is 6.92. The van der Waals surface area contributed by atoms with Gasteiger partial charge in [-0.3, -0.25) is 4.90 Å². The summed E-state index contributed by atoms with van der Waals surface area (Å²) in [4.78, 5) is 2.38. The number of hydrogen-bond donors (Lipinski definition) is 0. The van der Waals surface area contributed by atoms with Crippen molar-refractivity contribution in [3.8, 4) is 0 Å². The van der Waals surface area contributed by atoms with Crippen molar-refractivity contribution in [2.24, 2.45) is 0 Å². The number of rotatable bonds is 0. The highest BCUT2D eigenvalue weighted by molar-refractivity contribution is 5.13. The Balaban J connectivity index is 2.38. The topological polar surface area (TPSA) is 8.17 Å². The van der Waals surface area contributed by atoms with E-state index in [0.29, 0.717) is 6.04 Å². The van der Waals surface area contributed by atoms with Crippen LogP contribution in [-0.4, -0.2) is 23.1 Å². The van der Waals surface area contributed by atoms with Gasteiger partial charge < -0.3 is 4.57 Å². The zero-order chi connectivity index (χ0) is 7.84. The molecule has 11 heavy (non-hydrogen) atoms. The van der Waals surface area contributed by atoms with Crippen LogP contribution >= 0.6 is 0 Å². The van der Waals surface area contributed by atoms with Crippen LogP contribution < -0.4 is 0 Å². The van der Waals surface area contributed by atoms with Gasteiger partial charge in [0.2, 0.25) is 0 Å². The fourth-order valence-electron chi connectivity index (χ4n) is 1.70. The van der Waals surface area contributed by atoms with Crippen molar-refractivity contribution in [2.75, 3.05) is 13.6 Å². The van der Waals surface area contributed by atoms with Gasteiger partial charge in [0.1, 0.15) is 0 Å². The first-order valence-corrected chi connectivity index (χ1v) is 4.14. The molecule has 0 saturated carbocycles. The molecule has 0 saturated heterocycles. The molecule has 0 fully saturated rings. The first-order chi connectivity index (χ1) is 5.29. The van der Waals surface area contributed by atoms with Gasteiger partial charge in [0.05, 0.1) is 0 Å². The number of hydrogen-bond acceptors (Lipinski definition) is 1. The molecule has 2 nitrogen and oxygen atoms in total. The summed E-state index contributed by atoms with van der Waals surface area (Å²) < 4.78 is 2.34. The average Bonchev–Trinajstić information content (AvgIpc) is 2.45. The van der Waals surface area contributed by atoms with Crippen LogP contribution in [-0.2, 0) is 6.54 Å². The van der Waals surface area contributed by atoms with Gasteiger partial charge in [-0.2, -0.15) is 0 Å². The van der Waals surface area contributed by atoms with E-state index in [1.807, 2.05) is 0 Å². The second-order valence-electron chi connectivity index (χ2n) is 3.28. The van der Waals surface area contributed by atoms with Crippen LogP contribution in [0, 0.1) is 0 Å². The summed E-state index contributed by atoms with van der Waals surface area (Å²) in [5.74, 6) is 0. The molecule has 0 unspecified atom stereocenters. The Morgan fingerprint density at radius 2 is 2.27 bits per heavy atom. The Morgan fingerprint density at radius 1 is 1.45 bits per heavy atom. The van der Waals surface area contributed by atoms with E-state index in [0.717, 1.165) is 6.54 Å². The van der Waals surface area contributed by atoms with Gasteiger partial charge in [-0.15, -0.1) is 0 Å². The fraction of sp³-hybridized carbons (Fsp3) is 0.556. The molecule has 1 aromatic heterocycles. The van der Waals surface area contributed by atoms with Gasteiger partial charge in [0.15, 0.2) is 0 Å². The molecule has 2 heteroatoms. The van der Waals surface area contributed by atoms with Crippen molar-refractivity contribution >= 4 is 0 Å². The van der Waals surface area contributed by atoms with Crippen molar-refractivity contribution in [3.05, 3.63) is 24.0 Å². The molecule has 2 heterocycles. The molecule has 1 aromatic rings. The van der Waals surface area contributed by atoms with E-state index in [1.165, 1.54) is 12.2 Å². The molecule has 1 atom stereocenters. The van der Waals surface area contributed by atoms with Crippen molar-refractivity contribution in [1.82, 2.24) is 9.47 Å². The minimum absolute atomic E-state index is 0.582. The van der Waals surface area contributed by atoms with Gasteiger partial charge in [0.25, 0.3) is 0 Å². The molecule has 0 amide bonds. The summed E-state index contributed by atoms with van der Waals surface area (Å²) in [6.45, 7) is 4.57. The Bertz CT molecular complexity index is 252. The predicted molar refractivity (Wildman–Crippen MR) is 45.5 cm³/mol. The number of likely N-dealkylation sites (N-methyl/N-ethyl adjacent to an activating group) is 1. The van der Waals surface area contributed by atoms with Gasteiger partial charge >= 0.3 is 0 Å². The fourth-order valence-corrected chi connectivity index (χ4v) is 1.70. The SMILES string of the molecule is C[C@H]1c2cccn2CCN1C. The van der Waals surface area contributed by atoms with E-state index in [-0.39, 0.29) is 0 Å². The van der Waals surface area contributed by atoms with E-state index >= 15 is 0 Å². The monoisotopic (exact) mass is 150 g/mol. The Hall–Kier alpha value is -0.760. The van der Waals surface area contributed by atoms with Crippen LogP contribution in [0.4, 0.5) is 0 Å². The largest absolute Gasteiger partial charge is 0.349 e. The van der Waals surface area contributed by atoms with E-state index < -0.39 is 0 Å². The lowest BCUT2D eigenvalue weighted by Crippen LogP contribution is -2.33. The summed E-state index contributed by atoms with van der Waals surface area (Å²) in [7, 11) is 2.18. The van der Waals surface area contributed by atoms with E-state index in [2.05, 4.69) is 41.8 Å². The van der Waals surface area contributed by atoms with E-state index in [9.17, 15) is 0 Å². The number of fused-ring (bicyclic) bond motifs is 1. The molecular weight excluding hydrogens is 136 g/mol. The highest BCUT2D eigenvalue weighted by atomic mass is 15.2. The van der Waals surface area contributed by atoms with Crippen LogP contribution in [0.3, 0.4) is 0 Å². The molecular formula is C9H14N2. The zero-order valence-electron chi connectivity index (χ0n) is 7.12. The van der Waals surface area contributed by atoms with Crippen molar-refractivity contribution < 1.29 is 0 Å². The maximum Gasteiger partial charge on any atom is 0.0469 e. The molecule has 0 spiro atoms. The van der Waals surface area contributed by atoms with Gasteiger partial charge in [-0.05, 0) is 26.1 Å². The highest BCUT2D eigenvalue weighted by Gasteiger charge is 2.19. The summed E-state index contributed by atoms with van der Waals surface area (Å²) >= 11 is 0. The Kier molecular flexibility index (Phi) is 1.50. The molecule has 0 aliphatic carbocycles. The summed E-state index contributed by atoms with van der Waals surface area (Å²) in [6.07, 6.45) is 2.17. The average molecular weight is 150 g/mol. The lowest BCUT2D eigenvalue weighted by molar-refractivity contribution is 0.211. The van der Waals surface area contributed by atoms with Crippen LogP contribution in [0.25, 0.3) is 0 Å². The van der Waals surface area contributed by atoms with Gasteiger partial charge in [0, 0.05) is 31.0 Å². The third-order valence-corrected chi connectivity index (χ3v) is 2.65. The van der Waals surface area contributed by atoms with Crippen LogP contribution in [0.1, 0.15) is 18.7 Å². The smallest absolute Gasteiger partial charge is 0.0469 e. The standard InChI is InChI=1S/C9H14N2/c1-8-9-4-3-5-11(9)7-6-10(8)2/h3-5,8H,6-7H2,1-2H3/t8-/m0/s1. The summed E-state index contributed by atoms with van der Waals surface area (Å²) in [5.41, 5.74) is 1.44. The third-order valence-electron chi connectivity index (χ3n) is 2.65. The quantitative estimate of drug-likeness (QED) is 0.544. The van der Waals surface area contributed by atoms with E-state index in [4.69, 9.17) is 0 Å².